The van der Waals surface area contributed by atoms with Crippen molar-refractivity contribution < 1.29 is 4.39 Å². The summed E-state index contributed by atoms with van der Waals surface area (Å²) in [6.07, 6.45) is 5.93. The van der Waals surface area contributed by atoms with Gasteiger partial charge in [-0.2, -0.15) is 0 Å². The summed E-state index contributed by atoms with van der Waals surface area (Å²) in [7, 11) is 0. The minimum atomic E-state index is -0.302. The lowest BCUT2D eigenvalue weighted by Gasteiger charge is -2.26. The Hall–Kier alpha value is -0.860. The number of benzene rings is 1. The van der Waals surface area contributed by atoms with E-state index in [0.29, 0.717) is 5.02 Å². The number of hydrogen-bond acceptors (Lipinski definition) is 1. The first-order valence-corrected chi connectivity index (χ1v) is 5.42. The third-order valence-corrected chi connectivity index (χ3v) is 3.17. The van der Waals surface area contributed by atoms with Crippen molar-refractivity contribution in [2.45, 2.75) is 24.8 Å². The first kappa shape index (κ1) is 10.7. The molecule has 1 aromatic rings. The van der Waals surface area contributed by atoms with Crippen LogP contribution in [0.1, 0.15) is 24.3 Å². The van der Waals surface area contributed by atoms with Gasteiger partial charge < -0.3 is 5.73 Å². The molecule has 0 unspecified atom stereocenters. The number of halogens is 2. The summed E-state index contributed by atoms with van der Waals surface area (Å²) in [5.41, 5.74) is 6.97. The van der Waals surface area contributed by atoms with Crippen molar-refractivity contribution in [3.63, 3.8) is 0 Å². The van der Waals surface area contributed by atoms with Gasteiger partial charge in [-0.25, -0.2) is 4.39 Å². The predicted molar refractivity (Wildman–Crippen MR) is 60.5 cm³/mol. The molecule has 80 valence electrons. The molecule has 0 aromatic heterocycles. The number of allylic oxidation sites excluding steroid dienone is 1. The van der Waals surface area contributed by atoms with Crippen LogP contribution < -0.4 is 5.73 Å². The highest BCUT2D eigenvalue weighted by Crippen LogP contribution is 2.33. The van der Waals surface area contributed by atoms with Gasteiger partial charge in [0.15, 0.2) is 0 Å². The monoisotopic (exact) mass is 225 g/mol. The lowest BCUT2D eigenvalue weighted by Crippen LogP contribution is -2.29. The largest absolute Gasteiger partial charge is 0.327 e. The van der Waals surface area contributed by atoms with Crippen molar-refractivity contribution in [1.82, 2.24) is 0 Å². The highest BCUT2D eigenvalue weighted by Gasteiger charge is 2.22. The lowest BCUT2D eigenvalue weighted by molar-refractivity contribution is 0.520. The molecule has 0 saturated heterocycles. The molecule has 0 radical (unpaired) electrons. The fraction of sp³-hybridized carbons (Fsp3) is 0.333. The Morgan fingerprint density at radius 3 is 2.67 bits per heavy atom. The molecule has 0 bridgehead atoms. The molecular formula is C12H13ClFN. The standard InChI is InChI=1S/C12H13ClFN/c13-11-7-8(14)5-6-9(11)10-3-1-2-4-12(10)15/h1-2,5-7,10,12H,3-4,15H2/t10-,12+/m0/s1. The number of rotatable bonds is 1. The van der Waals surface area contributed by atoms with Gasteiger partial charge in [-0.3, -0.25) is 0 Å². The Balaban J connectivity index is 2.32. The van der Waals surface area contributed by atoms with E-state index in [1.807, 2.05) is 0 Å². The second-order valence-electron chi connectivity index (χ2n) is 3.88. The predicted octanol–water partition coefficient (Wildman–Crippen LogP) is 3.24. The van der Waals surface area contributed by atoms with Gasteiger partial charge in [0, 0.05) is 17.0 Å². The van der Waals surface area contributed by atoms with E-state index in [2.05, 4.69) is 12.2 Å². The topological polar surface area (TPSA) is 26.0 Å². The average molecular weight is 226 g/mol. The molecule has 0 heterocycles. The second kappa shape index (κ2) is 4.33. The SMILES string of the molecule is N[C@@H]1CC=CC[C@H]1c1ccc(F)cc1Cl. The second-order valence-corrected chi connectivity index (χ2v) is 4.29. The third kappa shape index (κ3) is 2.21. The molecule has 1 nitrogen and oxygen atoms in total. The highest BCUT2D eigenvalue weighted by molar-refractivity contribution is 6.31. The van der Waals surface area contributed by atoms with Crippen LogP contribution in [0.2, 0.25) is 5.02 Å². The highest BCUT2D eigenvalue weighted by atomic mass is 35.5. The van der Waals surface area contributed by atoms with Crippen LogP contribution in [-0.4, -0.2) is 6.04 Å². The van der Waals surface area contributed by atoms with E-state index in [0.717, 1.165) is 18.4 Å². The molecule has 2 atom stereocenters. The third-order valence-electron chi connectivity index (χ3n) is 2.84. The summed E-state index contributed by atoms with van der Waals surface area (Å²) in [6.45, 7) is 0. The van der Waals surface area contributed by atoms with Gasteiger partial charge in [-0.1, -0.05) is 29.8 Å². The van der Waals surface area contributed by atoms with Crippen molar-refractivity contribution in [2.24, 2.45) is 5.73 Å². The van der Waals surface area contributed by atoms with Crippen LogP contribution in [0.4, 0.5) is 4.39 Å². The fourth-order valence-corrected chi connectivity index (χ4v) is 2.30. The van der Waals surface area contributed by atoms with Gasteiger partial charge in [-0.15, -0.1) is 0 Å². The van der Waals surface area contributed by atoms with Crippen molar-refractivity contribution in [3.05, 3.63) is 46.8 Å². The van der Waals surface area contributed by atoms with Gasteiger partial charge in [0.2, 0.25) is 0 Å². The summed E-state index contributed by atoms with van der Waals surface area (Å²) >= 11 is 6.01. The molecule has 0 aliphatic heterocycles. The maximum absolute atomic E-state index is 12.9. The van der Waals surface area contributed by atoms with Crippen molar-refractivity contribution in [2.75, 3.05) is 0 Å². The van der Waals surface area contributed by atoms with Crippen LogP contribution in [0.15, 0.2) is 30.4 Å². The molecule has 0 spiro atoms. The Labute approximate surface area is 93.7 Å². The van der Waals surface area contributed by atoms with Crippen LogP contribution in [0, 0.1) is 5.82 Å². The Morgan fingerprint density at radius 2 is 2.00 bits per heavy atom. The molecule has 0 fully saturated rings. The molecular weight excluding hydrogens is 213 g/mol. The molecule has 1 aliphatic rings. The van der Waals surface area contributed by atoms with E-state index >= 15 is 0 Å². The van der Waals surface area contributed by atoms with E-state index in [4.69, 9.17) is 17.3 Å². The van der Waals surface area contributed by atoms with Gasteiger partial charge in [-0.05, 0) is 30.5 Å². The smallest absolute Gasteiger partial charge is 0.124 e. The number of nitrogens with two attached hydrogens (primary N) is 1. The average Bonchev–Trinajstić information content (AvgIpc) is 2.20. The van der Waals surface area contributed by atoms with Crippen LogP contribution in [0.25, 0.3) is 0 Å². The van der Waals surface area contributed by atoms with Crippen molar-refractivity contribution in [1.29, 1.82) is 0 Å². The summed E-state index contributed by atoms with van der Waals surface area (Å²) in [5.74, 6) is -0.0910. The fourth-order valence-electron chi connectivity index (χ4n) is 2.00. The van der Waals surface area contributed by atoms with Gasteiger partial charge in [0.25, 0.3) is 0 Å². The maximum atomic E-state index is 12.9. The van der Waals surface area contributed by atoms with Crippen LogP contribution in [0.5, 0.6) is 0 Å². The van der Waals surface area contributed by atoms with E-state index in [9.17, 15) is 4.39 Å². The molecule has 15 heavy (non-hydrogen) atoms. The number of hydrogen-bond donors (Lipinski definition) is 1. The molecule has 2 rings (SSSR count). The normalized spacial score (nSPS) is 25.5. The molecule has 0 saturated carbocycles. The van der Waals surface area contributed by atoms with E-state index in [1.165, 1.54) is 12.1 Å². The molecule has 1 aromatic carbocycles. The molecule has 0 amide bonds. The Morgan fingerprint density at radius 1 is 1.27 bits per heavy atom. The van der Waals surface area contributed by atoms with Crippen LogP contribution in [-0.2, 0) is 0 Å². The summed E-state index contributed by atoms with van der Waals surface area (Å²) < 4.78 is 12.9. The minimum Gasteiger partial charge on any atom is -0.327 e. The van der Waals surface area contributed by atoms with E-state index < -0.39 is 0 Å². The van der Waals surface area contributed by atoms with Gasteiger partial charge in [0.05, 0.1) is 0 Å². The first-order chi connectivity index (χ1) is 7.18. The maximum Gasteiger partial charge on any atom is 0.124 e. The quantitative estimate of drug-likeness (QED) is 0.730. The van der Waals surface area contributed by atoms with Crippen LogP contribution in [0.3, 0.4) is 0 Å². The Bertz CT molecular complexity index is 389. The first-order valence-electron chi connectivity index (χ1n) is 5.04. The summed E-state index contributed by atoms with van der Waals surface area (Å²) in [4.78, 5) is 0. The summed E-state index contributed by atoms with van der Waals surface area (Å²) in [5, 5.41) is 0.478. The minimum absolute atomic E-state index is 0.0814. The summed E-state index contributed by atoms with van der Waals surface area (Å²) in [6, 6.07) is 4.60. The zero-order valence-corrected chi connectivity index (χ0v) is 9.04. The zero-order chi connectivity index (χ0) is 10.8. The lowest BCUT2D eigenvalue weighted by atomic mass is 9.84. The molecule has 1 aliphatic carbocycles. The van der Waals surface area contributed by atoms with Gasteiger partial charge >= 0.3 is 0 Å². The zero-order valence-electron chi connectivity index (χ0n) is 8.29. The van der Waals surface area contributed by atoms with Crippen molar-refractivity contribution >= 4 is 11.6 Å². The Kier molecular flexibility index (Phi) is 3.08. The van der Waals surface area contributed by atoms with Crippen LogP contribution >= 0.6 is 11.6 Å². The molecule has 3 heteroatoms. The molecule has 2 N–H and O–H groups in total. The van der Waals surface area contributed by atoms with Crippen molar-refractivity contribution in [3.8, 4) is 0 Å². The van der Waals surface area contributed by atoms with E-state index in [1.54, 1.807) is 6.07 Å². The van der Waals surface area contributed by atoms with Gasteiger partial charge in [0.1, 0.15) is 5.82 Å². The van der Waals surface area contributed by atoms with E-state index in [-0.39, 0.29) is 17.8 Å².